The first kappa shape index (κ1) is 15.5. The molecule has 0 aromatic carbocycles. The average Bonchev–Trinajstić information content (AvgIpc) is 2.56. The van der Waals surface area contributed by atoms with Crippen LogP contribution < -0.4 is 51.4 Å². The van der Waals surface area contributed by atoms with Gasteiger partial charge in [0.15, 0.2) is 0 Å². The zero-order valence-electron chi connectivity index (χ0n) is 9.85. The van der Waals surface area contributed by atoms with Crippen LogP contribution in [0.15, 0.2) is 0 Å². The molecule has 1 aliphatic heterocycles. The topological polar surface area (TPSA) is 9.23 Å². The Morgan fingerprint density at radius 1 is 1.12 bits per heavy atom. The van der Waals surface area contributed by atoms with Crippen LogP contribution in [0.3, 0.4) is 0 Å². The SMILES string of the molecule is F[B-](F)(F)CC1CCC2(CCOC2)CC1.[K+]. The van der Waals surface area contributed by atoms with Crippen molar-refractivity contribution in [3.63, 3.8) is 0 Å². The molecule has 0 atom stereocenters. The van der Waals surface area contributed by atoms with Crippen molar-refractivity contribution in [1.29, 1.82) is 0 Å². The summed E-state index contributed by atoms with van der Waals surface area (Å²) in [7, 11) is 0. The molecule has 0 aromatic rings. The number of hydrogen-bond acceptors (Lipinski definition) is 1. The van der Waals surface area contributed by atoms with E-state index in [0.717, 1.165) is 45.3 Å². The summed E-state index contributed by atoms with van der Waals surface area (Å²) >= 11 is 0. The zero-order valence-corrected chi connectivity index (χ0v) is 13.0. The summed E-state index contributed by atoms with van der Waals surface area (Å²) in [6.07, 6.45) is 3.87. The molecule has 0 radical (unpaired) electrons. The summed E-state index contributed by atoms with van der Waals surface area (Å²) in [6, 6.07) is 0. The van der Waals surface area contributed by atoms with E-state index in [9.17, 15) is 12.9 Å². The fraction of sp³-hybridized carbons (Fsp3) is 1.00. The van der Waals surface area contributed by atoms with Gasteiger partial charge in [-0.2, -0.15) is 0 Å². The van der Waals surface area contributed by atoms with Crippen molar-refractivity contribution in [2.24, 2.45) is 11.3 Å². The minimum absolute atomic E-state index is 0. The fourth-order valence-corrected chi connectivity index (χ4v) is 2.95. The van der Waals surface area contributed by atoms with Gasteiger partial charge in [-0.1, -0.05) is 25.1 Å². The van der Waals surface area contributed by atoms with Gasteiger partial charge < -0.3 is 17.7 Å². The minimum atomic E-state index is -4.59. The molecule has 2 aliphatic rings. The van der Waals surface area contributed by atoms with Crippen LogP contribution in [0, 0.1) is 11.3 Å². The second-order valence-electron chi connectivity index (χ2n) is 5.19. The summed E-state index contributed by atoms with van der Waals surface area (Å²) in [5.41, 5.74) is 0.245. The van der Waals surface area contributed by atoms with Gasteiger partial charge in [-0.05, 0) is 24.7 Å². The third-order valence-corrected chi connectivity index (χ3v) is 3.95. The van der Waals surface area contributed by atoms with Crippen LogP contribution in [0.25, 0.3) is 0 Å². The van der Waals surface area contributed by atoms with Crippen LogP contribution in [0.5, 0.6) is 0 Å². The summed E-state index contributed by atoms with van der Waals surface area (Å²) in [5.74, 6) is -0.115. The van der Waals surface area contributed by atoms with Crippen molar-refractivity contribution >= 4 is 6.98 Å². The van der Waals surface area contributed by atoms with Gasteiger partial charge in [0.2, 0.25) is 0 Å². The molecule has 0 amide bonds. The molecule has 1 aliphatic carbocycles. The van der Waals surface area contributed by atoms with E-state index in [4.69, 9.17) is 4.74 Å². The molecule has 0 bridgehead atoms. The van der Waals surface area contributed by atoms with Crippen molar-refractivity contribution in [3.8, 4) is 0 Å². The third-order valence-electron chi connectivity index (χ3n) is 3.95. The smallest absolute Gasteiger partial charge is 0.449 e. The van der Waals surface area contributed by atoms with Crippen molar-refractivity contribution in [3.05, 3.63) is 0 Å². The Hall–Kier alpha value is 1.45. The molecule has 0 aromatic heterocycles. The van der Waals surface area contributed by atoms with E-state index in [-0.39, 0.29) is 62.7 Å². The van der Waals surface area contributed by atoms with Crippen LogP contribution in [0.4, 0.5) is 12.9 Å². The summed E-state index contributed by atoms with van der Waals surface area (Å²) in [6.45, 7) is -3.01. The maximum absolute atomic E-state index is 12.2. The van der Waals surface area contributed by atoms with E-state index in [0.29, 0.717) is 0 Å². The Labute approximate surface area is 137 Å². The molecule has 2 fully saturated rings. The monoisotopic (exact) mass is 260 g/mol. The zero-order chi connectivity index (χ0) is 10.9. The van der Waals surface area contributed by atoms with E-state index < -0.39 is 13.3 Å². The van der Waals surface area contributed by atoms with E-state index >= 15 is 0 Å². The molecule has 16 heavy (non-hydrogen) atoms. The van der Waals surface area contributed by atoms with Crippen LogP contribution in [0.1, 0.15) is 32.1 Å². The maximum atomic E-state index is 12.2. The molecular formula is C10H17BF3KO. The molecule has 1 saturated carbocycles. The van der Waals surface area contributed by atoms with Gasteiger partial charge in [-0.25, -0.2) is 0 Å². The van der Waals surface area contributed by atoms with Gasteiger partial charge >= 0.3 is 58.4 Å². The van der Waals surface area contributed by atoms with Gasteiger partial charge in [-0.15, -0.1) is 0 Å². The molecule has 0 N–H and O–H groups in total. The largest absolute Gasteiger partial charge is 1.00 e. The third kappa shape index (κ3) is 4.28. The van der Waals surface area contributed by atoms with E-state index in [1.165, 1.54) is 0 Å². The van der Waals surface area contributed by atoms with Gasteiger partial charge in [0.1, 0.15) is 0 Å². The van der Waals surface area contributed by atoms with Gasteiger partial charge in [0.25, 0.3) is 0 Å². The molecule has 6 heteroatoms. The first-order valence-corrected chi connectivity index (χ1v) is 5.78. The molecule has 1 nitrogen and oxygen atoms in total. The summed E-state index contributed by atoms with van der Waals surface area (Å²) < 4.78 is 42.1. The molecular weight excluding hydrogens is 243 g/mol. The van der Waals surface area contributed by atoms with E-state index in [1.54, 1.807) is 0 Å². The second-order valence-corrected chi connectivity index (χ2v) is 5.19. The van der Waals surface area contributed by atoms with E-state index in [1.807, 2.05) is 0 Å². The van der Waals surface area contributed by atoms with Crippen molar-refractivity contribution in [2.75, 3.05) is 13.2 Å². The average molecular weight is 260 g/mol. The number of ether oxygens (including phenoxy) is 1. The molecule has 2 rings (SSSR count). The molecule has 88 valence electrons. The van der Waals surface area contributed by atoms with Gasteiger partial charge in [0.05, 0.1) is 6.61 Å². The molecule has 1 saturated heterocycles. The summed E-state index contributed by atoms with van der Waals surface area (Å²) in [5, 5.41) is 0. The van der Waals surface area contributed by atoms with Crippen LogP contribution in [0.2, 0.25) is 6.32 Å². The maximum Gasteiger partial charge on any atom is 1.00 e. The Bertz CT molecular complexity index is 219. The predicted molar refractivity (Wildman–Crippen MR) is 53.7 cm³/mol. The molecule has 1 spiro atoms. The molecule has 1 heterocycles. The number of rotatable bonds is 2. The second kappa shape index (κ2) is 6.06. The standard InChI is InChI=1S/C10H17BF3O.K/c12-11(13,14)7-9-1-3-10(4-2-9)5-6-15-8-10;/h9H,1-8H2;/q-1;+1. The van der Waals surface area contributed by atoms with Crippen molar-refractivity contribution in [2.45, 2.75) is 38.4 Å². The Kier molecular flexibility index (Phi) is 5.88. The number of halogens is 3. The quantitative estimate of drug-likeness (QED) is 0.654. The van der Waals surface area contributed by atoms with E-state index in [2.05, 4.69) is 0 Å². The number of hydrogen-bond donors (Lipinski definition) is 0. The fourth-order valence-electron chi connectivity index (χ4n) is 2.95. The van der Waals surface area contributed by atoms with Crippen LogP contribution >= 0.6 is 0 Å². The normalized spacial score (nSPS) is 35.1. The van der Waals surface area contributed by atoms with Crippen LogP contribution in [-0.2, 0) is 4.74 Å². The molecule has 0 unspecified atom stereocenters. The first-order valence-electron chi connectivity index (χ1n) is 5.78. The first-order chi connectivity index (χ1) is 6.99. The van der Waals surface area contributed by atoms with Gasteiger partial charge in [-0.3, -0.25) is 0 Å². The van der Waals surface area contributed by atoms with Gasteiger partial charge in [0, 0.05) is 6.61 Å². The van der Waals surface area contributed by atoms with Crippen LogP contribution in [-0.4, -0.2) is 20.2 Å². The summed E-state index contributed by atoms with van der Waals surface area (Å²) in [4.78, 5) is 0. The van der Waals surface area contributed by atoms with Crippen molar-refractivity contribution < 1.29 is 69.1 Å². The predicted octanol–water partition coefficient (Wildman–Crippen LogP) is 0.435. The Morgan fingerprint density at radius 2 is 1.75 bits per heavy atom. The van der Waals surface area contributed by atoms with Crippen molar-refractivity contribution in [1.82, 2.24) is 0 Å². The minimum Gasteiger partial charge on any atom is -0.449 e. The Morgan fingerprint density at radius 3 is 2.19 bits per heavy atom. The Balaban J connectivity index is 0.00000128.